The van der Waals surface area contributed by atoms with Crippen molar-refractivity contribution < 1.29 is 4.79 Å². The fourth-order valence-corrected chi connectivity index (χ4v) is 2.28. The second kappa shape index (κ2) is 5.53. The zero-order chi connectivity index (χ0) is 13.0. The summed E-state index contributed by atoms with van der Waals surface area (Å²) in [5.41, 5.74) is 2.63. The van der Waals surface area contributed by atoms with Crippen molar-refractivity contribution in [2.45, 2.75) is 39.7 Å². The number of anilines is 1. The Hall–Kier alpha value is -1.35. The van der Waals surface area contributed by atoms with Crippen LogP contribution in [0.3, 0.4) is 0 Å². The van der Waals surface area contributed by atoms with E-state index in [0.29, 0.717) is 5.41 Å². The summed E-state index contributed by atoms with van der Waals surface area (Å²) in [6.45, 7) is 5.70. The molecule has 0 aliphatic heterocycles. The average molecular weight is 246 g/mol. The van der Waals surface area contributed by atoms with Crippen LogP contribution in [0.2, 0.25) is 0 Å². The number of benzene rings is 1. The van der Waals surface area contributed by atoms with Gasteiger partial charge in [-0.2, -0.15) is 0 Å². The monoisotopic (exact) mass is 246 g/mol. The fraction of sp³-hybridized carbons (Fsp3) is 0.533. The second-order valence-electron chi connectivity index (χ2n) is 5.30. The largest absolute Gasteiger partial charge is 0.326 e. The highest BCUT2D eigenvalue weighted by atomic mass is 16.1. The fourth-order valence-electron chi connectivity index (χ4n) is 2.28. The molecule has 1 aromatic carbocycles. The van der Waals surface area contributed by atoms with Gasteiger partial charge in [-0.3, -0.25) is 4.79 Å². The van der Waals surface area contributed by atoms with Gasteiger partial charge in [0.2, 0.25) is 5.91 Å². The van der Waals surface area contributed by atoms with E-state index < -0.39 is 0 Å². The van der Waals surface area contributed by atoms with Gasteiger partial charge in [-0.1, -0.05) is 25.1 Å². The number of carbonyl (C=O) groups excluding carboxylic acids is 1. The Kier molecular flexibility index (Phi) is 4.02. The summed E-state index contributed by atoms with van der Waals surface area (Å²) < 4.78 is 0. The first-order valence-corrected chi connectivity index (χ1v) is 6.71. The maximum atomic E-state index is 11.1. The first-order valence-electron chi connectivity index (χ1n) is 6.71. The van der Waals surface area contributed by atoms with E-state index in [2.05, 4.69) is 23.6 Å². The molecule has 1 aliphatic carbocycles. The van der Waals surface area contributed by atoms with Crippen LogP contribution in [-0.2, 0) is 11.3 Å². The van der Waals surface area contributed by atoms with E-state index >= 15 is 0 Å². The van der Waals surface area contributed by atoms with E-state index in [1.54, 1.807) is 6.92 Å². The van der Waals surface area contributed by atoms with Crippen molar-refractivity contribution in [2.24, 2.45) is 5.41 Å². The average Bonchev–Trinajstić information content (AvgIpc) is 3.11. The van der Waals surface area contributed by atoms with E-state index in [-0.39, 0.29) is 5.91 Å². The van der Waals surface area contributed by atoms with Crippen LogP contribution in [0.15, 0.2) is 24.3 Å². The number of para-hydroxylation sites is 1. The number of carbonyl (C=O) groups is 1. The maximum Gasteiger partial charge on any atom is 0.221 e. The molecule has 0 unspecified atom stereocenters. The first kappa shape index (κ1) is 13.1. The zero-order valence-electron chi connectivity index (χ0n) is 11.3. The molecule has 2 rings (SSSR count). The number of amides is 1. The number of nitrogens with one attached hydrogen (secondary N) is 2. The predicted molar refractivity (Wildman–Crippen MR) is 74.4 cm³/mol. The van der Waals surface area contributed by atoms with Crippen molar-refractivity contribution in [1.82, 2.24) is 5.32 Å². The zero-order valence-corrected chi connectivity index (χ0v) is 11.3. The van der Waals surface area contributed by atoms with Gasteiger partial charge in [-0.25, -0.2) is 0 Å². The Morgan fingerprint density at radius 2 is 2.06 bits per heavy atom. The van der Waals surface area contributed by atoms with Crippen molar-refractivity contribution >= 4 is 11.6 Å². The molecule has 18 heavy (non-hydrogen) atoms. The summed E-state index contributed by atoms with van der Waals surface area (Å²) in [4.78, 5) is 11.1. The quantitative estimate of drug-likeness (QED) is 0.810. The molecule has 0 atom stereocenters. The lowest BCUT2D eigenvalue weighted by molar-refractivity contribution is -0.114. The Bertz CT molecular complexity index is 424. The third kappa shape index (κ3) is 3.33. The van der Waals surface area contributed by atoms with Gasteiger partial charge in [0.15, 0.2) is 0 Å². The molecule has 98 valence electrons. The van der Waals surface area contributed by atoms with Crippen LogP contribution in [0.1, 0.15) is 38.7 Å². The van der Waals surface area contributed by atoms with Crippen LogP contribution in [-0.4, -0.2) is 12.5 Å². The summed E-state index contributed by atoms with van der Waals surface area (Å²) >= 11 is 0. The van der Waals surface area contributed by atoms with Gasteiger partial charge >= 0.3 is 0 Å². The van der Waals surface area contributed by atoms with E-state index in [0.717, 1.165) is 24.3 Å². The van der Waals surface area contributed by atoms with Gasteiger partial charge < -0.3 is 10.6 Å². The standard InChI is InChI=1S/C15H22N2O/c1-3-15(8-9-15)11-16-10-13-6-4-5-7-14(13)17-12(2)18/h4-7,16H,3,8-11H2,1-2H3,(H,17,18). The molecule has 2 N–H and O–H groups in total. The third-order valence-electron chi connectivity index (χ3n) is 3.85. The van der Waals surface area contributed by atoms with Gasteiger partial charge in [0.1, 0.15) is 0 Å². The van der Waals surface area contributed by atoms with Gasteiger partial charge in [-0.05, 0) is 36.3 Å². The molecule has 0 aromatic heterocycles. The minimum Gasteiger partial charge on any atom is -0.326 e. The Balaban J connectivity index is 1.90. The Labute approximate surface area is 109 Å². The van der Waals surface area contributed by atoms with E-state index in [1.807, 2.05) is 18.2 Å². The molecule has 1 aliphatic rings. The first-order chi connectivity index (χ1) is 8.65. The molecule has 3 heteroatoms. The molecule has 1 saturated carbocycles. The van der Waals surface area contributed by atoms with Gasteiger partial charge in [-0.15, -0.1) is 0 Å². The summed E-state index contributed by atoms with van der Waals surface area (Å²) in [5, 5.41) is 6.39. The maximum absolute atomic E-state index is 11.1. The minimum atomic E-state index is -0.0188. The Morgan fingerprint density at radius 3 is 2.67 bits per heavy atom. The molecular weight excluding hydrogens is 224 g/mol. The SMILES string of the molecule is CCC1(CNCc2ccccc2NC(C)=O)CC1. The van der Waals surface area contributed by atoms with E-state index in [1.165, 1.54) is 19.3 Å². The molecule has 3 nitrogen and oxygen atoms in total. The van der Waals surface area contributed by atoms with Crippen molar-refractivity contribution in [1.29, 1.82) is 0 Å². The number of rotatable bonds is 6. The molecular formula is C15H22N2O. The predicted octanol–water partition coefficient (Wildman–Crippen LogP) is 2.92. The summed E-state index contributed by atoms with van der Waals surface area (Å²) in [5.74, 6) is -0.0188. The highest BCUT2D eigenvalue weighted by molar-refractivity contribution is 5.89. The summed E-state index contributed by atoms with van der Waals surface area (Å²) in [7, 11) is 0. The molecule has 1 amide bonds. The van der Waals surface area contributed by atoms with Gasteiger partial charge in [0, 0.05) is 25.7 Å². The second-order valence-corrected chi connectivity index (χ2v) is 5.30. The van der Waals surface area contributed by atoms with Crippen LogP contribution in [0.25, 0.3) is 0 Å². The van der Waals surface area contributed by atoms with Crippen molar-refractivity contribution in [3.8, 4) is 0 Å². The van der Waals surface area contributed by atoms with Crippen molar-refractivity contribution in [3.05, 3.63) is 29.8 Å². The summed E-state index contributed by atoms with van der Waals surface area (Å²) in [6.07, 6.45) is 3.96. The Morgan fingerprint density at radius 1 is 1.33 bits per heavy atom. The lowest BCUT2D eigenvalue weighted by Crippen LogP contribution is -2.23. The third-order valence-corrected chi connectivity index (χ3v) is 3.85. The van der Waals surface area contributed by atoms with Crippen LogP contribution >= 0.6 is 0 Å². The van der Waals surface area contributed by atoms with Crippen LogP contribution < -0.4 is 10.6 Å². The molecule has 0 saturated heterocycles. The normalized spacial score (nSPS) is 16.3. The van der Waals surface area contributed by atoms with Gasteiger partial charge in [0.05, 0.1) is 0 Å². The molecule has 0 heterocycles. The molecule has 0 radical (unpaired) electrons. The molecule has 1 aromatic rings. The molecule has 0 spiro atoms. The highest BCUT2D eigenvalue weighted by Gasteiger charge is 2.39. The smallest absolute Gasteiger partial charge is 0.221 e. The lowest BCUT2D eigenvalue weighted by Gasteiger charge is -2.15. The minimum absolute atomic E-state index is 0.0188. The highest BCUT2D eigenvalue weighted by Crippen LogP contribution is 2.47. The lowest BCUT2D eigenvalue weighted by atomic mass is 10.0. The van der Waals surface area contributed by atoms with Crippen LogP contribution in [0.4, 0.5) is 5.69 Å². The topological polar surface area (TPSA) is 41.1 Å². The van der Waals surface area contributed by atoms with Gasteiger partial charge in [0.25, 0.3) is 0 Å². The van der Waals surface area contributed by atoms with E-state index in [9.17, 15) is 4.79 Å². The van der Waals surface area contributed by atoms with Crippen molar-refractivity contribution in [2.75, 3.05) is 11.9 Å². The molecule has 0 bridgehead atoms. The summed E-state index contributed by atoms with van der Waals surface area (Å²) in [6, 6.07) is 7.97. The number of hydrogen-bond acceptors (Lipinski definition) is 2. The van der Waals surface area contributed by atoms with Crippen molar-refractivity contribution in [3.63, 3.8) is 0 Å². The van der Waals surface area contributed by atoms with E-state index in [4.69, 9.17) is 0 Å². The van der Waals surface area contributed by atoms with Crippen LogP contribution in [0, 0.1) is 5.41 Å². The molecule has 1 fully saturated rings. The number of hydrogen-bond donors (Lipinski definition) is 2. The van der Waals surface area contributed by atoms with Crippen LogP contribution in [0.5, 0.6) is 0 Å².